The van der Waals surface area contributed by atoms with Crippen molar-refractivity contribution in [2.75, 3.05) is 4.72 Å². The molecule has 0 radical (unpaired) electrons. The van der Waals surface area contributed by atoms with E-state index in [4.69, 9.17) is 5.26 Å². The molecule has 0 saturated carbocycles. The summed E-state index contributed by atoms with van der Waals surface area (Å²) in [5.74, 6) is -0.672. The van der Waals surface area contributed by atoms with Crippen LogP contribution in [0.25, 0.3) is 5.69 Å². The summed E-state index contributed by atoms with van der Waals surface area (Å²) in [6, 6.07) is 11.4. The Morgan fingerprint density at radius 1 is 1.21 bits per heavy atom. The maximum absolute atomic E-state index is 14.2. The van der Waals surface area contributed by atoms with Crippen molar-refractivity contribution in [1.29, 1.82) is 5.26 Å². The van der Waals surface area contributed by atoms with Crippen LogP contribution < -0.4 is 4.72 Å². The van der Waals surface area contributed by atoms with Gasteiger partial charge < -0.3 is 0 Å². The predicted molar refractivity (Wildman–Crippen MR) is 83.3 cm³/mol. The lowest BCUT2D eigenvalue weighted by Gasteiger charge is -2.10. The first-order chi connectivity index (χ1) is 11.5. The summed E-state index contributed by atoms with van der Waals surface area (Å²) in [6.07, 6.45) is 2.58. The number of halogens is 1. The van der Waals surface area contributed by atoms with Crippen molar-refractivity contribution in [2.45, 2.75) is 4.90 Å². The number of hydrogen-bond donors (Lipinski definition) is 1. The van der Waals surface area contributed by atoms with Gasteiger partial charge in [-0.25, -0.2) is 22.5 Å². The molecule has 3 aromatic rings. The minimum Gasteiger partial charge on any atom is -0.279 e. The molecule has 0 saturated heterocycles. The number of aromatic nitrogens is 3. The molecule has 0 spiro atoms. The SMILES string of the molecule is N#Cc1ccccc1S(=O)(=O)Nc1ccc(-n2cncn2)c(F)c1. The fourth-order valence-electron chi connectivity index (χ4n) is 2.09. The Balaban J connectivity index is 1.94. The number of benzene rings is 2. The van der Waals surface area contributed by atoms with Gasteiger partial charge in [0.1, 0.15) is 29.3 Å². The third kappa shape index (κ3) is 2.95. The second-order valence-corrected chi connectivity index (χ2v) is 6.37. The van der Waals surface area contributed by atoms with Crippen molar-refractivity contribution in [1.82, 2.24) is 14.8 Å². The molecule has 0 fully saturated rings. The number of hydrogen-bond acceptors (Lipinski definition) is 5. The van der Waals surface area contributed by atoms with E-state index in [1.165, 1.54) is 47.7 Å². The van der Waals surface area contributed by atoms with Gasteiger partial charge in [-0.05, 0) is 24.3 Å². The van der Waals surface area contributed by atoms with Crippen LogP contribution in [0.4, 0.5) is 10.1 Å². The first kappa shape index (κ1) is 15.6. The predicted octanol–water partition coefficient (Wildman–Crippen LogP) is 2.08. The molecule has 120 valence electrons. The van der Waals surface area contributed by atoms with Crippen LogP contribution in [0.15, 0.2) is 60.0 Å². The molecule has 0 bridgehead atoms. The Hall–Kier alpha value is -3.25. The Morgan fingerprint density at radius 2 is 2.00 bits per heavy atom. The minimum atomic E-state index is -4.01. The molecule has 0 aliphatic carbocycles. The van der Waals surface area contributed by atoms with Crippen molar-refractivity contribution in [3.05, 3.63) is 66.5 Å². The molecule has 7 nitrogen and oxygen atoms in total. The van der Waals surface area contributed by atoms with Crippen molar-refractivity contribution < 1.29 is 12.8 Å². The van der Waals surface area contributed by atoms with Crippen LogP contribution in [-0.2, 0) is 10.0 Å². The quantitative estimate of drug-likeness (QED) is 0.781. The summed E-state index contributed by atoms with van der Waals surface area (Å²) in [7, 11) is -4.01. The van der Waals surface area contributed by atoms with E-state index < -0.39 is 15.8 Å². The maximum Gasteiger partial charge on any atom is 0.263 e. The zero-order valence-corrected chi connectivity index (χ0v) is 12.9. The van der Waals surface area contributed by atoms with Crippen LogP contribution in [0.3, 0.4) is 0 Å². The number of rotatable bonds is 4. The summed E-state index contributed by atoms with van der Waals surface area (Å²) in [5, 5.41) is 12.8. The summed E-state index contributed by atoms with van der Waals surface area (Å²) < 4.78 is 42.4. The molecular formula is C15H10FN5O2S. The minimum absolute atomic E-state index is 0.00436. The van der Waals surface area contributed by atoms with Gasteiger partial charge in [0, 0.05) is 6.07 Å². The largest absolute Gasteiger partial charge is 0.279 e. The Labute approximate surface area is 137 Å². The van der Waals surface area contributed by atoms with Gasteiger partial charge in [-0.1, -0.05) is 12.1 Å². The molecule has 2 aromatic carbocycles. The average molecular weight is 343 g/mol. The Bertz CT molecular complexity index is 1030. The first-order valence-electron chi connectivity index (χ1n) is 6.68. The van der Waals surface area contributed by atoms with Gasteiger partial charge in [-0.15, -0.1) is 0 Å². The van der Waals surface area contributed by atoms with Crippen LogP contribution in [0.5, 0.6) is 0 Å². The number of nitriles is 1. The van der Waals surface area contributed by atoms with Crippen LogP contribution in [0.1, 0.15) is 5.56 Å². The van der Waals surface area contributed by atoms with E-state index in [-0.39, 0.29) is 21.8 Å². The van der Waals surface area contributed by atoms with E-state index in [9.17, 15) is 12.8 Å². The summed E-state index contributed by atoms with van der Waals surface area (Å²) in [5.41, 5.74) is 0.168. The lowest BCUT2D eigenvalue weighted by molar-refractivity contribution is 0.600. The number of nitrogens with one attached hydrogen (secondary N) is 1. The van der Waals surface area contributed by atoms with Crippen molar-refractivity contribution in [2.24, 2.45) is 0 Å². The molecule has 1 heterocycles. The second-order valence-electron chi connectivity index (χ2n) is 4.72. The molecule has 24 heavy (non-hydrogen) atoms. The van der Waals surface area contributed by atoms with E-state index in [0.29, 0.717) is 0 Å². The van der Waals surface area contributed by atoms with Gasteiger partial charge in [0.2, 0.25) is 0 Å². The van der Waals surface area contributed by atoms with Crippen LogP contribution in [0.2, 0.25) is 0 Å². The van der Waals surface area contributed by atoms with Gasteiger partial charge in [-0.2, -0.15) is 10.4 Å². The van der Waals surface area contributed by atoms with Crippen LogP contribution in [-0.4, -0.2) is 23.2 Å². The van der Waals surface area contributed by atoms with Crippen LogP contribution in [0, 0.1) is 17.1 Å². The molecule has 9 heteroatoms. The van der Waals surface area contributed by atoms with Crippen molar-refractivity contribution in [3.8, 4) is 11.8 Å². The lowest BCUT2D eigenvalue weighted by Crippen LogP contribution is -2.14. The topological polar surface area (TPSA) is 101 Å². The highest BCUT2D eigenvalue weighted by Crippen LogP contribution is 2.22. The highest BCUT2D eigenvalue weighted by molar-refractivity contribution is 7.92. The fourth-order valence-corrected chi connectivity index (χ4v) is 3.30. The molecule has 0 aliphatic rings. The molecule has 3 rings (SSSR count). The summed E-state index contributed by atoms with van der Waals surface area (Å²) >= 11 is 0. The summed E-state index contributed by atoms with van der Waals surface area (Å²) in [4.78, 5) is 3.55. The van der Waals surface area contributed by atoms with Crippen molar-refractivity contribution in [3.63, 3.8) is 0 Å². The van der Waals surface area contributed by atoms with E-state index in [1.807, 2.05) is 6.07 Å². The molecule has 0 unspecified atom stereocenters. The molecular weight excluding hydrogens is 333 g/mol. The number of sulfonamides is 1. The molecule has 1 aromatic heterocycles. The fraction of sp³-hybridized carbons (Fsp3) is 0. The molecule has 0 amide bonds. The van der Waals surface area contributed by atoms with E-state index in [2.05, 4.69) is 14.8 Å². The van der Waals surface area contributed by atoms with E-state index in [1.54, 1.807) is 6.07 Å². The first-order valence-corrected chi connectivity index (χ1v) is 8.16. The Morgan fingerprint density at radius 3 is 2.67 bits per heavy atom. The zero-order chi connectivity index (χ0) is 17.2. The number of anilines is 1. The van der Waals surface area contributed by atoms with E-state index >= 15 is 0 Å². The third-order valence-electron chi connectivity index (χ3n) is 3.16. The van der Waals surface area contributed by atoms with Crippen LogP contribution >= 0.6 is 0 Å². The zero-order valence-electron chi connectivity index (χ0n) is 12.1. The van der Waals surface area contributed by atoms with Gasteiger partial charge in [0.25, 0.3) is 10.0 Å². The van der Waals surface area contributed by atoms with Gasteiger partial charge in [0.15, 0.2) is 5.82 Å². The standard InChI is InChI=1S/C15H10FN5O2S/c16-13-7-12(5-6-14(13)21-10-18-9-19-21)20-24(22,23)15-4-2-1-3-11(15)8-17/h1-7,9-10,20H. The smallest absolute Gasteiger partial charge is 0.263 e. The molecule has 0 atom stereocenters. The van der Waals surface area contributed by atoms with Gasteiger partial charge in [-0.3, -0.25) is 4.72 Å². The molecule has 1 N–H and O–H groups in total. The third-order valence-corrected chi connectivity index (χ3v) is 4.60. The van der Waals surface area contributed by atoms with Crippen molar-refractivity contribution >= 4 is 15.7 Å². The molecule has 0 aliphatic heterocycles. The van der Waals surface area contributed by atoms with E-state index in [0.717, 1.165) is 6.07 Å². The normalized spacial score (nSPS) is 11.0. The Kier molecular flexibility index (Phi) is 3.97. The monoisotopic (exact) mass is 343 g/mol. The second kappa shape index (κ2) is 6.10. The maximum atomic E-state index is 14.2. The highest BCUT2D eigenvalue weighted by atomic mass is 32.2. The average Bonchev–Trinajstić information content (AvgIpc) is 3.08. The number of nitrogens with zero attached hydrogens (tertiary/aromatic N) is 4. The lowest BCUT2D eigenvalue weighted by atomic mass is 10.2. The summed E-state index contributed by atoms with van der Waals surface area (Å²) in [6.45, 7) is 0. The van der Waals surface area contributed by atoms with Gasteiger partial charge >= 0.3 is 0 Å². The van der Waals surface area contributed by atoms with Gasteiger partial charge in [0.05, 0.1) is 11.3 Å². The highest BCUT2D eigenvalue weighted by Gasteiger charge is 2.19.